The third-order valence-electron chi connectivity index (χ3n) is 5.92. The Morgan fingerprint density at radius 3 is 2.62 bits per heavy atom. The summed E-state index contributed by atoms with van der Waals surface area (Å²) in [5, 5.41) is 14.9. The van der Waals surface area contributed by atoms with Crippen LogP contribution in [-0.4, -0.2) is 55.4 Å². The summed E-state index contributed by atoms with van der Waals surface area (Å²) < 4.78 is 35.9. The molecule has 1 aliphatic rings. The van der Waals surface area contributed by atoms with Gasteiger partial charge in [-0.2, -0.15) is 5.09 Å². The molecule has 1 aromatic heterocycles. The zero-order valence-electron chi connectivity index (χ0n) is 21.7. The van der Waals surface area contributed by atoms with E-state index in [0.717, 1.165) is 22.2 Å². The molecular formula is C25H28BrClN3O9P. The van der Waals surface area contributed by atoms with Crippen LogP contribution < -0.4 is 20.9 Å². The summed E-state index contributed by atoms with van der Waals surface area (Å²) in [6.45, 7) is 4.26. The Kier molecular flexibility index (Phi) is 9.25. The lowest BCUT2D eigenvalue weighted by Gasteiger charge is -2.25. The molecule has 0 amide bonds. The Bertz CT molecular complexity index is 1540. The highest BCUT2D eigenvalue weighted by Crippen LogP contribution is 2.51. The third-order valence-corrected chi connectivity index (χ3v) is 8.82. The molecule has 0 saturated carbocycles. The molecule has 1 saturated heterocycles. The molecule has 2 heterocycles. The van der Waals surface area contributed by atoms with Crippen molar-refractivity contribution in [2.24, 2.45) is 0 Å². The maximum absolute atomic E-state index is 14.1. The summed E-state index contributed by atoms with van der Waals surface area (Å²) >= 11 is 9.70. The third kappa shape index (κ3) is 6.68. The average molecular weight is 661 g/mol. The molecule has 2 aromatic carbocycles. The highest BCUT2D eigenvalue weighted by Gasteiger charge is 2.55. The molecule has 0 spiro atoms. The Morgan fingerprint density at radius 1 is 1.23 bits per heavy atom. The smallest absolute Gasteiger partial charge is 0.459 e. The molecule has 40 heavy (non-hydrogen) atoms. The first-order chi connectivity index (χ1) is 18.8. The van der Waals surface area contributed by atoms with Gasteiger partial charge in [0.05, 0.1) is 12.7 Å². The number of H-pyrrole nitrogens is 1. The van der Waals surface area contributed by atoms with E-state index in [0.29, 0.717) is 5.39 Å². The molecule has 0 radical (unpaired) electrons. The van der Waals surface area contributed by atoms with E-state index in [1.165, 1.54) is 6.92 Å². The van der Waals surface area contributed by atoms with Crippen LogP contribution in [0.1, 0.15) is 27.0 Å². The lowest BCUT2D eigenvalue weighted by molar-refractivity contribution is -0.149. The van der Waals surface area contributed by atoms with Gasteiger partial charge in [0.25, 0.3) is 5.56 Å². The van der Waals surface area contributed by atoms with Crippen molar-refractivity contribution in [1.29, 1.82) is 0 Å². The number of alkyl halides is 2. The first kappa shape index (κ1) is 30.4. The molecule has 0 bridgehead atoms. The number of ether oxygens (including phenoxy) is 2. The normalized spacial score (nSPS) is 25.0. The van der Waals surface area contributed by atoms with E-state index in [2.05, 4.69) is 26.0 Å². The lowest BCUT2D eigenvalue weighted by Crippen LogP contribution is -2.41. The van der Waals surface area contributed by atoms with Gasteiger partial charge in [0.1, 0.15) is 24.0 Å². The van der Waals surface area contributed by atoms with E-state index in [-0.39, 0.29) is 5.75 Å². The number of aromatic amines is 1. The van der Waals surface area contributed by atoms with E-state index in [1.54, 1.807) is 38.1 Å². The van der Waals surface area contributed by atoms with Crippen molar-refractivity contribution in [2.45, 2.75) is 55.1 Å². The number of aromatic nitrogens is 2. The quantitative estimate of drug-likeness (QED) is 0.167. The van der Waals surface area contributed by atoms with E-state index < -0.39 is 65.9 Å². The lowest BCUT2D eigenvalue weighted by atomic mass is 10.1. The van der Waals surface area contributed by atoms with Gasteiger partial charge in [-0.3, -0.25) is 23.7 Å². The fraction of sp³-hybridized carbons (Fsp3) is 0.400. The Labute approximate surface area is 242 Å². The minimum atomic E-state index is -4.34. The van der Waals surface area contributed by atoms with Gasteiger partial charge in [-0.25, -0.2) is 9.36 Å². The average Bonchev–Trinajstić information content (AvgIpc) is 3.11. The summed E-state index contributed by atoms with van der Waals surface area (Å²) in [5.41, 5.74) is -1.45. The molecule has 216 valence electrons. The minimum absolute atomic E-state index is 0.219. The predicted molar refractivity (Wildman–Crippen MR) is 151 cm³/mol. The van der Waals surface area contributed by atoms with Crippen molar-refractivity contribution in [2.75, 3.05) is 6.61 Å². The van der Waals surface area contributed by atoms with Crippen LogP contribution in [0.4, 0.5) is 0 Å². The molecule has 3 aromatic rings. The first-order valence-corrected chi connectivity index (χ1v) is 14.9. The van der Waals surface area contributed by atoms with Crippen LogP contribution in [0.15, 0.2) is 64.3 Å². The summed E-state index contributed by atoms with van der Waals surface area (Å²) in [4.78, 5) is 38.4. The monoisotopic (exact) mass is 659 g/mol. The van der Waals surface area contributed by atoms with Crippen LogP contribution in [0, 0.1) is 0 Å². The Morgan fingerprint density at radius 2 is 1.93 bits per heavy atom. The number of hydrogen-bond donors (Lipinski definition) is 3. The number of nitrogens with one attached hydrogen (secondary N) is 2. The van der Waals surface area contributed by atoms with Crippen LogP contribution >= 0.6 is 35.3 Å². The van der Waals surface area contributed by atoms with Gasteiger partial charge >= 0.3 is 19.4 Å². The number of aliphatic hydroxyl groups excluding tert-OH is 1. The number of esters is 1. The highest BCUT2D eigenvalue weighted by molar-refractivity contribution is 9.10. The fourth-order valence-electron chi connectivity index (χ4n) is 4.01. The van der Waals surface area contributed by atoms with E-state index in [4.69, 9.17) is 30.1 Å². The number of carbonyl (C=O) groups is 1. The molecule has 6 atom stereocenters. The van der Waals surface area contributed by atoms with Gasteiger partial charge in [0, 0.05) is 17.6 Å². The standard InChI is InChI=1S/C25H28BrClN3O9P/c1-14(2)37-22(33)15(3)29-40(35,39-18-10-6-8-16-7-4-5-9-17(16)18)36-13-19-21(32)25(26,27)23(38-19)30-12-11-20(31)28-24(30)34/h4-12,14-15,19,21,23,32H,13H2,1-3H3,(H,29,35)(H,28,31,34)/t15-,19+,21+,23?,25-,40-/m0/s1. The van der Waals surface area contributed by atoms with Crippen molar-refractivity contribution >= 4 is 52.0 Å². The second-order valence-electron chi connectivity index (χ2n) is 9.36. The zero-order valence-corrected chi connectivity index (χ0v) is 24.9. The molecule has 4 rings (SSSR count). The van der Waals surface area contributed by atoms with Crippen LogP contribution in [-0.2, 0) is 23.4 Å². The highest BCUT2D eigenvalue weighted by atomic mass is 79.9. The maximum atomic E-state index is 14.1. The van der Waals surface area contributed by atoms with Crippen LogP contribution in [0.5, 0.6) is 5.75 Å². The predicted octanol–water partition coefficient (Wildman–Crippen LogP) is 3.41. The number of hydrogen-bond acceptors (Lipinski definition) is 9. The molecule has 3 N–H and O–H groups in total. The van der Waals surface area contributed by atoms with Crippen molar-refractivity contribution in [3.8, 4) is 5.75 Å². The summed E-state index contributed by atoms with van der Waals surface area (Å²) in [5.74, 6) is -0.466. The number of carbonyl (C=O) groups excluding carboxylic acids is 1. The summed E-state index contributed by atoms with van der Waals surface area (Å²) in [6.07, 6.45) is -3.23. The maximum Gasteiger partial charge on any atom is 0.459 e. The Hall–Kier alpha value is -2.51. The van der Waals surface area contributed by atoms with Crippen LogP contribution in [0.2, 0.25) is 0 Å². The number of rotatable bonds is 10. The number of benzene rings is 2. The summed E-state index contributed by atoms with van der Waals surface area (Å²) in [7, 11) is -4.34. The first-order valence-electron chi connectivity index (χ1n) is 12.2. The number of aliphatic hydroxyl groups is 1. The molecule has 15 heteroatoms. The number of nitrogens with zero attached hydrogens (tertiary/aromatic N) is 1. The van der Waals surface area contributed by atoms with Crippen molar-refractivity contribution in [1.82, 2.24) is 14.6 Å². The molecule has 0 aliphatic carbocycles. The topological polar surface area (TPSA) is 158 Å². The van der Waals surface area contributed by atoms with Gasteiger partial charge in [0.15, 0.2) is 10.0 Å². The molecule has 1 aliphatic heterocycles. The van der Waals surface area contributed by atoms with Crippen LogP contribution in [0.3, 0.4) is 0 Å². The van der Waals surface area contributed by atoms with Gasteiger partial charge in [-0.1, -0.05) is 63.9 Å². The summed E-state index contributed by atoms with van der Waals surface area (Å²) in [6, 6.07) is 12.4. The number of halogens is 2. The minimum Gasteiger partial charge on any atom is -0.462 e. The largest absolute Gasteiger partial charge is 0.462 e. The van der Waals surface area contributed by atoms with Crippen LogP contribution in [0.25, 0.3) is 10.8 Å². The van der Waals surface area contributed by atoms with E-state index in [9.17, 15) is 24.1 Å². The molecule has 1 unspecified atom stereocenters. The molecule has 1 fully saturated rings. The van der Waals surface area contributed by atoms with E-state index >= 15 is 0 Å². The second kappa shape index (κ2) is 12.2. The fourth-order valence-corrected chi connectivity index (χ4v) is 6.45. The van der Waals surface area contributed by atoms with E-state index in [1.807, 2.05) is 18.2 Å². The van der Waals surface area contributed by atoms with Gasteiger partial charge < -0.3 is 19.1 Å². The van der Waals surface area contributed by atoms with Gasteiger partial charge in [-0.05, 0) is 32.2 Å². The van der Waals surface area contributed by atoms with Gasteiger partial charge in [0.2, 0.25) is 0 Å². The molecule has 12 nitrogen and oxygen atoms in total. The number of fused-ring (bicyclic) bond motifs is 1. The van der Waals surface area contributed by atoms with Gasteiger partial charge in [-0.15, -0.1) is 0 Å². The molecular weight excluding hydrogens is 633 g/mol. The zero-order chi connectivity index (χ0) is 29.2. The second-order valence-corrected chi connectivity index (χ2v) is 13.4. The van der Waals surface area contributed by atoms with Crippen molar-refractivity contribution < 1.29 is 33.0 Å². The SMILES string of the molecule is CC(C)OC(=O)[C@H](C)N[P@](=O)(OC[C@H]1OC(n2ccc(=O)[nH]c2=O)[C@](Cl)(Br)[C@@H]1O)Oc1cccc2ccccc12. The van der Waals surface area contributed by atoms with Crippen molar-refractivity contribution in [3.05, 3.63) is 75.6 Å². The van der Waals surface area contributed by atoms with Crippen molar-refractivity contribution in [3.63, 3.8) is 0 Å². The Balaban J connectivity index is 1.60.